The van der Waals surface area contributed by atoms with E-state index in [2.05, 4.69) is 10.3 Å². The minimum absolute atomic E-state index is 0.133. The molecule has 3 unspecified atom stereocenters. The second kappa shape index (κ2) is 5.91. The van der Waals surface area contributed by atoms with E-state index in [1.807, 2.05) is 43.7 Å². The van der Waals surface area contributed by atoms with Crippen LogP contribution < -0.4 is 5.32 Å². The largest absolute Gasteiger partial charge is 0.392 e. The Bertz CT molecular complexity index is 592. The van der Waals surface area contributed by atoms with Gasteiger partial charge in [-0.3, -0.25) is 0 Å². The lowest BCUT2D eigenvalue weighted by atomic mass is 10.0. The first-order valence-electron chi connectivity index (χ1n) is 6.92. The van der Waals surface area contributed by atoms with Crippen molar-refractivity contribution in [2.75, 3.05) is 6.54 Å². The van der Waals surface area contributed by atoms with E-state index < -0.39 is 12.2 Å². The van der Waals surface area contributed by atoms with Gasteiger partial charge in [-0.1, -0.05) is 6.07 Å². The summed E-state index contributed by atoms with van der Waals surface area (Å²) in [5.74, 6) is 0.951. The lowest BCUT2D eigenvalue weighted by Gasteiger charge is -2.21. The van der Waals surface area contributed by atoms with Gasteiger partial charge in [0.25, 0.3) is 0 Å². The second-order valence-corrected chi connectivity index (χ2v) is 5.46. The fraction of sp³-hybridized carbons (Fsp3) is 0.533. The Labute approximate surface area is 119 Å². The fourth-order valence-electron chi connectivity index (χ4n) is 2.28. The van der Waals surface area contributed by atoms with Crippen LogP contribution in [0.4, 0.5) is 0 Å². The fourth-order valence-corrected chi connectivity index (χ4v) is 2.28. The normalized spacial score (nSPS) is 16.3. The average Bonchev–Trinajstić information content (AvgIpc) is 2.70. The average molecular weight is 277 g/mol. The van der Waals surface area contributed by atoms with E-state index in [4.69, 9.17) is 0 Å². The SMILES string of the molecule is Cc1nc2cc(C(O)C(C)NCC(C)O)ccc2n1C. The molecule has 0 aliphatic heterocycles. The molecular formula is C15H23N3O2. The van der Waals surface area contributed by atoms with E-state index in [1.165, 1.54) is 0 Å². The minimum atomic E-state index is -0.625. The number of hydrogen-bond acceptors (Lipinski definition) is 4. The first kappa shape index (κ1) is 15.0. The van der Waals surface area contributed by atoms with Crippen LogP contribution in [0.25, 0.3) is 11.0 Å². The van der Waals surface area contributed by atoms with Crippen LogP contribution in [0.2, 0.25) is 0 Å². The van der Waals surface area contributed by atoms with Crippen LogP contribution in [0.5, 0.6) is 0 Å². The zero-order chi connectivity index (χ0) is 14.9. The number of aromatic nitrogens is 2. The summed E-state index contributed by atoms with van der Waals surface area (Å²) >= 11 is 0. The topological polar surface area (TPSA) is 70.3 Å². The number of fused-ring (bicyclic) bond motifs is 1. The quantitative estimate of drug-likeness (QED) is 0.770. The van der Waals surface area contributed by atoms with Gasteiger partial charge in [0.15, 0.2) is 0 Å². The predicted octanol–water partition coefficient (Wildman–Crippen LogP) is 1.27. The van der Waals surface area contributed by atoms with Crippen LogP contribution >= 0.6 is 0 Å². The predicted molar refractivity (Wildman–Crippen MR) is 79.6 cm³/mol. The summed E-state index contributed by atoms with van der Waals surface area (Å²) in [6.07, 6.45) is -1.05. The number of hydrogen-bond donors (Lipinski definition) is 3. The van der Waals surface area contributed by atoms with Gasteiger partial charge in [-0.2, -0.15) is 0 Å². The molecule has 0 bridgehead atoms. The standard InChI is InChI=1S/C15H23N3O2/c1-9(19)8-16-10(2)15(20)12-5-6-14-13(7-12)17-11(3)18(14)4/h5-7,9-10,15-16,19-20H,8H2,1-4H3. The zero-order valence-corrected chi connectivity index (χ0v) is 12.5. The zero-order valence-electron chi connectivity index (χ0n) is 12.5. The molecule has 1 aromatic heterocycles. The Morgan fingerprint density at radius 2 is 2.00 bits per heavy atom. The minimum Gasteiger partial charge on any atom is -0.392 e. The molecular weight excluding hydrogens is 254 g/mol. The molecule has 0 aliphatic rings. The van der Waals surface area contributed by atoms with Crippen molar-refractivity contribution in [3.05, 3.63) is 29.6 Å². The molecule has 0 amide bonds. The van der Waals surface area contributed by atoms with E-state index >= 15 is 0 Å². The van der Waals surface area contributed by atoms with E-state index in [-0.39, 0.29) is 6.04 Å². The molecule has 1 heterocycles. The summed E-state index contributed by atoms with van der Waals surface area (Å²) in [6, 6.07) is 5.70. The van der Waals surface area contributed by atoms with Gasteiger partial charge in [0.05, 0.1) is 23.2 Å². The first-order chi connectivity index (χ1) is 9.40. The molecule has 0 fully saturated rings. The van der Waals surface area contributed by atoms with Crippen LogP contribution in [0.15, 0.2) is 18.2 Å². The Morgan fingerprint density at radius 3 is 2.65 bits per heavy atom. The lowest BCUT2D eigenvalue weighted by Crippen LogP contribution is -2.36. The highest BCUT2D eigenvalue weighted by Gasteiger charge is 2.17. The van der Waals surface area contributed by atoms with Crippen molar-refractivity contribution in [1.82, 2.24) is 14.9 Å². The van der Waals surface area contributed by atoms with Crippen molar-refractivity contribution < 1.29 is 10.2 Å². The molecule has 3 N–H and O–H groups in total. The molecule has 5 heteroatoms. The molecule has 1 aromatic carbocycles. The number of imidazole rings is 1. The molecule has 0 spiro atoms. The summed E-state index contributed by atoms with van der Waals surface area (Å²) < 4.78 is 2.03. The molecule has 0 saturated heterocycles. The third kappa shape index (κ3) is 3.00. The summed E-state index contributed by atoms with van der Waals surface area (Å²) in [6.45, 7) is 6.04. The van der Waals surface area contributed by atoms with Gasteiger partial charge in [0.1, 0.15) is 5.82 Å². The Balaban J connectivity index is 2.19. The number of rotatable bonds is 5. The molecule has 3 atom stereocenters. The lowest BCUT2D eigenvalue weighted by molar-refractivity contribution is 0.121. The third-order valence-corrected chi connectivity index (χ3v) is 3.68. The first-order valence-corrected chi connectivity index (χ1v) is 6.92. The Hall–Kier alpha value is -1.43. The summed E-state index contributed by atoms with van der Waals surface area (Å²) in [5.41, 5.74) is 2.79. The van der Waals surface area contributed by atoms with E-state index in [9.17, 15) is 10.2 Å². The van der Waals surface area contributed by atoms with Crippen LogP contribution in [-0.2, 0) is 7.05 Å². The summed E-state index contributed by atoms with van der Waals surface area (Å²) in [5, 5.41) is 22.7. The van der Waals surface area contributed by atoms with Gasteiger partial charge in [-0.15, -0.1) is 0 Å². The Morgan fingerprint density at radius 1 is 1.30 bits per heavy atom. The van der Waals surface area contributed by atoms with E-state index in [1.54, 1.807) is 6.92 Å². The number of aliphatic hydroxyl groups excluding tert-OH is 2. The van der Waals surface area contributed by atoms with Crippen molar-refractivity contribution in [2.24, 2.45) is 7.05 Å². The van der Waals surface area contributed by atoms with Crippen molar-refractivity contribution in [3.63, 3.8) is 0 Å². The van der Waals surface area contributed by atoms with Gasteiger partial charge in [-0.05, 0) is 38.5 Å². The van der Waals surface area contributed by atoms with Gasteiger partial charge < -0.3 is 20.1 Å². The second-order valence-electron chi connectivity index (χ2n) is 5.46. The van der Waals surface area contributed by atoms with Gasteiger partial charge in [0, 0.05) is 19.6 Å². The van der Waals surface area contributed by atoms with Crippen LogP contribution in [-0.4, -0.2) is 38.5 Å². The van der Waals surface area contributed by atoms with Crippen molar-refractivity contribution in [1.29, 1.82) is 0 Å². The van der Waals surface area contributed by atoms with Crippen LogP contribution in [0, 0.1) is 6.92 Å². The highest BCUT2D eigenvalue weighted by molar-refractivity contribution is 5.76. The number of nitrogens with one attached hydrogen (secondary N) is 1. The van der Waals surface area contributed by atoms with Crippen LogP contribution in [0.3, 0.4) is 0 Å². The highest BCUT2D eigenvalue weighted by Crippen LogP contribution is 2.22. The van der Waals surface area contributed by atoms with E-state index in [0.29, 0.717) is 6.54 Å². The van der Waals surface area contributed by atoms with Crippen LogP contribution in [0.1, 0.15) is 31.3 Å². The Kier molecular flexibility index (Phi) is 4.42. The maximum absolute atomic E-state index is 10.4. The molecule has 2 rings (SSSR count). The molecule has 0 radical (unpaired) electrons. The van der Waals surface area contributed by atoms with Crippen molar-refractivity contribution in [3.8, 4) is 0 Å². The maximum Gasteiger partial charge on any atom is 0.106 e. The number of aryl methyl sites for hydroxylation is 2. The third-order valence-electron chi connectivity index (χ3n) is 3.68. The molecule has 0 saturated carbocycles. The molecule has 20 heavy (non-hydrogen) atoms. The smallest absolute Gasteiger partial charge is 0.106 e. The number of aliphatic hydroxyl groups is 2. The summed E-state index contributed by atoms with van der Waals surface area (Å²) in [7, 11) is 1.98. The van der Waals surface area contributed by atoms with Gasteiger partial charge in [-0.25, -0.2) is 4.98 Å². The van der Waals surface area contributed by atoms with E-state index in [0.717, 1.165) is 22.4 Å². The highest BCUT2D eigenvalue weighted by atomic mass is 16.3. The van der Waals surface area contributed by atoms with Gasteiger partial charge >= 0.3 is 0 Å². The van der Waals surface area contributed by atoms with Gasteiger partial charge in [0.2, 0.25) is 0 Å². The van der Waals surface area contributed by atoms with Crippen molar-refractivity contribution in [2.45, 2.75) is 39.0 Å². The maximum atomic E-state index is 10.4. The molecule has 0 aliphatic carbocycles. The molecule has 5 nitrogen and oxygen atoms in total. The summed E-state index contributed by atoms with van der Waals surface area (Å²) in [4.78, 5) is 4.48. The number of nitrogens with zero attached hydrogens (tertiary/aromatic N) is 2. The molecule has 2 aromatic rings. The molecule has 110 valence electrons. The van der Waals surface area contributed by atoms with Crippen molar-refractivity contribution >= 4 is 11.0 Å². The monoisotopic (exact) mass is 277 g/mol. The number of benzene rings is 1.